The Kier molecular flexibility index (Phi) is 9.77. The first-order valence-corrected chi connectivity index (χ1v) is 20.4. The van der Waals surface area contributed by atoms with E-state index in [2.05, 4.69) is 72.5 Å². The summed E-state index contributed by atoms with van der Waals surface area (Å²) < 4.78 is 40.8. The third-order valence-corrected chi connectivity index (χ3v) is 17.2. The van der Waals surface area contributed by atoms with E-state index in [1.54, 1.807) is 29.2 Å². The molecule has 1 amide bonds. The maximum atomic E-state index is 13.8. The summed E-state index contributed by atoms with van der Waals surface area (Å²) in [6.45, 7) is 17.9. The molecule has 4 rings (SSSR count). The first kappa shape index (κ1) is 34.2. The molecule has 44 heavy (non-hydrogen) atoms. The minimum atomic E-state index is -2.02. The number of hydrogen-bond donors (Lipinski definition) is 1. The highest BCUT2D eigenvalue weighted by atomic mass is 32.3. The van der Waals surface area contributed by atoms with Crippen molar-refractivity contribution in [2.24, 2.45) is 0 Å². The van der Waals surface area contributed by atoms with Crippen LogP contribution in [0.2, 0.25) is 18.1 Å². The Bertz CT molecular complexity index is 1430. The number of benzene rings is 3. The van der Waals surface area contributed by atoms with Crippen LogP contribution in [0.4, 0.5) is 14.5 Å². The van der Waals surface area contributed by atoms with E-state index < -0.39 is 30.8 Å². The lowest BCUT2D eigenvalue weighted by Crippen LogP contribution is -2.65. The van der Waals surface area contributed by atoms with Crippen LogP contribution in [0, 0.1) is 11.6 Å². The van der Waals surface area contributed by atoms with E-state index in [0.29, 0.717) is 12.2 Å². The van der Waals surface area contributed by atoms with Gasteiger partial charge in [-0.15, -0.1) is 10.3 Å². The fourth-order valence-electron chi connectivity index (χ4n) is 4.65. The second kappa shape index (κ2) is 12.6. The molecule has 3 atom stereocenters. The molecule has 0 saturated carbocycles. The molecule has 0 aromatic heterocycles. The third-order valence-electron chi connectivity index (χ3n) is 9.20. The Balaban J connectivity index is 1.63. The minimum absolute atomic E-state index is 0.0624. The summed E-state index contributed by atoms with van der Waals surface area (Å²) in [5.74, 6) is 0.0286. The number of rotatable bonds is 10. The summed E-state index contributed by atoms with van der Waals surface area (Å²) >= 11 is 0. The van der Waals surface area contributed by atoms with E-state index in [1.807, 2.05) is 24.3 Å². The zero-order chi connectivity index (χ0) is 32.7. The highest BCUT2D eigenvalue weighted by Crippen LogP contribution is 2.56. The van der Waals surface area contributed by atoms with Gasteiger partial charge in [0.25, 0.3) is 0 Å². The summed E-state index contributed by atoms with van der Waals surface area (Å²) in [7, 11) is -3.56. The largest absolute Gasteiger partial charge is 0.544 e. The highest BCUT2D eigenvalue weighted by Gasteiger charge is 2.49. The van der Waals surface area contributed by atoms with Crippen LogP contribution >= 0.6 is 10.3 Å². The number of carbonyl (C=O) groups is 1. The van der Waals surface area contributed by atoms with Crippen LogP contribution in [0.25, 0.3) is 0 Å². The van der Waals surface area contributed by atoms with Crippen LogP contribution in [0.1, 0.15) is 64.8 Å². The van der Waals surface area contributed by atoms with Gasteiger partial charge in [-0.2, -0.15) is 0 Å². The lowest BCUT2D eigenvalue weighted by Gasteiger charge is -2.49. The van der Waals surface area contributed by atoms with Gasteiger partial charge < -0.3 is 18.8 Å². The third kappa shape index (κ3) is 7.38. The number of nitrogens with zero attached hydrogens (tertiary/aromatic N) is 1. The van der Waals surface area contributed by atoms with E-state index in [0.717, 1.165) is 16.9 Å². The summed E-state index contributed by atoms with van der Waals surface area (Å²) in [5.41, 5.74) is 2.41. The van der Waals surface area contributed by atoms with Crippen molar-refractivity contribution in [2.75, 3.05) is 24.0 Å². The highest BCUT2D eigenvalue weighted by molar-refractivity contribution is 8.29. The predicted molar refractivity (Wildman–Crippen MR) is 182 cm³/mol. The quantitative estimate of drug-likeness (QED) is 0.177. The average molecular weight is 643 g/mol. The summed E-state index contributed by atoms with van der Waals surface area (Å²) in [4.78, 5) is 15.4. The molecule has 1 aliphatic rings. The Labute approximate surface area is 265 Å². The molecule has 0 radical (unpaired) electrons. The molecule has 3 aromatic rings. The molecular formula is C35H48F2N2O3SSi. The van der Waals surface area contributed by atoms with Crippen LogP contribution in [0.3, 0.4) is 0 Å². The first-order valence-electron chi connectivity index (χ1n) is 15.1. The molecule has 0 bridgehead atoms. The fraction of sp³-hybridized carbons (Fsp3) is 0.457. The summed E-state index contributed by atoms with van der Waals surface area (Å²) in [6.07, 6.45) is 3.86. The maximum Gasteiger partial charge on any atom is 0.250 e. The number of carbonyl (C=O) groups excluding carboxylic acids is 1. The van der Waals surface area contributed by atoms with Crippen molar-refractivity contribution < 1.29 is 22.2 Å². The van der Waals surface area contributed by atoms with Crippen molar-refractivity contribution in [3.8, 4) is 5.75 Å². The Morgan fingerprint density at radius 2 is 1.39 bits per heavy atom. The molecule has 0 aliphatic carbocycles. The zero-order valence-electron chi connectivity index (χ0n) is 27.7. The van der Waals surface area contributed by atoms with Crippen molar-refractivity contribution in [3.05, 3.63) is 95.6 Å². The molecule has 5 nitrogen and oxygen atoms in total. The first-order chi connectivity index (χ1) is 20.3. The molecular weight excluding hydrogens is 595 g/mol. The van der Waals surface area contributed by atoms with Crippen molar-refractivity contribution in [1.82, 2.24) is 5.32 Å². The lowest BCUT2D eigenvalue weighted by atomic mass is 9.87. The number of halogens is 2. The summed E-state index contributed by atoms with van der Waals surface area (Å²) in [6, 6.07) is 19.4. The van der Waals surface area contributed by atoms with Gasteiger partial charge in [-0.3, -0.25) is 4.79 Å². The summed E-state index contributed by atoms with van der Waals surface area (Å²) in [5, 5.41) is 3.56. The Morgan fingerprint density at radius 1 is 0.864 bits per heavy atom. The molecule has 1 fully saturated rings. The Hall–Kier alpha value is -2.72. The van der Waals surface area contributed by atoms with Gasteiger partial charge in [-0.05, 0) is 90.3 Å². The second-order valence-corrected chi connectivity index (χ2v) is 23.0. The van der Waals surface area contributed by atoms with E-state index in [-0.39, 0.29) is 33.4 Å². The van der Waals surface area contributed by atoms with Gasteiger partial charge in [0.05, 0.1) is 6.04 Å². The fourth-order valence-corrected chi connectivity index (χ4v) is 6.73. The smallest absolute Gasteiger partial charge is 0.250 e. The minimum Gasteiger partial charge on any atom is -0.544 e. The van der Waals surface area contributed by atoms with Gasteiger partial charge in [0, 0.05) is 17.0 Å². The number of hydrogen-bond acceptors (Lipinski definition) is 4. The topological polar surface area (TPSA) is 50.8 Å². The molecule has 240 valence electrons. The van der Waals surface area contributed by atoms with E-state index >= 15 is 0 Å². The lowest BCUT2D eigenvalue weighted by molar-refractivity contribution is -0.127. The van der Waals surface area contributed by atoms with Crippen molar-refractivity contribution in [3.63, 3.8) is 0 Å². The van der Waals surface area contributed by atoms with Gasteiger partial charge in [0.2, 0.25) is 14.2 Å². The van der Waals surface area contributed by atoms with E-state index in [9.17, 15) is 13.6 Å². The van der Waals surface area contributed by atoms with Gasteiger partial charge in [-0.1, -0.05) is 65.8 Å². The molecule has 1 heterocycles. The average Bonchev–Trinajstić information content (AvgIpc) is 2.91. The van der Waals surface area contributed by atoms with Gasteiger partial charge >= 0.3 is 0 Å². The van der Waals surface area contributed by atoms with Gasteiger partial charge in [0.15, 0.2) is 0 Å². The van der Waals surface area contributed by atoms with Gasteiger partial charge in [-0.25, -0.2) is 8.78 Å². The van der Waals surface area contributed by atoms with Crippen LogP contribution < -0.4 is 14.6 Å². The van der Waals surface area contributed by atoms with Gasteiger partial charge in [0.1, 0.15) is 29.5 Å². The molecule has 1 N–H and O–H groups in total. The standard InChI is InChI=1S/C35H48F2N2O3SSi/c1-34(2,3)43(7,8)41-30(24-11-15-26(36)16-12-24)23-38-31-32(39(33(31)40)28-19-17-27(37)18-20-28)25-13-21-29(22-14-25)42-44(9,10)35(4,5)6/h11-22,30-32,38H,23H2,1-10H3. The number of amides is 1. The molecule has 1 saturated heterocycles. The van der Waals surface area contributed by atoms with Crippen molar-refractivity contribution >= 4 is 30.2 Å². The van der Waals surface area contributed by atoms with Crippen LogP contribution in [-0.4, -0.2) is 44.1 Å². The Morgan fingerprint density at radius 3 is 1.89 bits per heavy atom. The predicted octanol–water partition coefficient (Wildman–Crippen LogP) is 8.93. The van der Waals surface area contributed by atoms with E-state index in [4.69, 9.17) is 8.61 Å². The van der Waals surface area contributed by atoms with E-state index in [1.165, 1.54) is 24.3 Å². The van der Waals surface area contributed by atoms with Crippen molar-refractivity contribution in [2.45, 2.75) is 82.6 Å². The maximum absolute atomic E-state index is 13.8. The van der Waals surface area contributed by atoms with Crippen LogP contribution in [0.5, 0.6) is 5.75 Å². The molecule has 9 heteroatoms. The number of β-lactam (4-membered cyclic amide) rings is 1. The zero-order valence-corrected chi connectivity index (χ0v) is 29.5. The van der Waals surface area contributed by atoms with Crippen LogP contribution in [-0.2, 0) is 8.98 Å². The molecule has 3 unspecified atom stereocenters. The van der Waals surface area contributed by atoms with Crippen LogP contribution in [0.15, 0.2) is 72.8 Å². The molecule has 3 aromatic carbocycles. The van der Waals surface area contributed by atoms with Crippen molar-refractivity contribution in [1.29, 1.82) is 0 Å². The monoisotopic (exact) mass is 642 g/mol. The molecule has 0 spiro atoms. The second-order valence-electron chi connectivity index (χ2n) is 14.4. The SMILES string of the molecule is CC(C)(C)[Si](C)(C)Oc1ccc(C2C(NCC(OS(C)(C)C(C)(C)C)c3ccc(F)cc3)C(=O)N2c2ccc(F)cc2)cc1. The number of anilines is 1. The molecule has 1 aliphatic heterocycles. The number of nitrogens with one attached hydrogen (secondary N) is 1. The normalized spacial score (nSPS) is 19.0.